The summed E-state index contributed by atoms with van der Waals surface area (Å²) >= 11 is 6.36. The van der Waals surface area contributed by atoms with Crippen LogP contribution in [0.25, 0.3) is 0 Å². The summed E-state index contributed by atoms with van der Waals surface area (Å²) in [6.07, 6.45) is 7.05. The Morgan fingerprint density at radius 3 is 2.69 bits per heavy atom. The second-order valence-electron chi connectivity index (χ2n) is 8.83. The highest BCUT2D eigenvalue weighted by atomic mass is 35.5. The van der Waals surface area contributed by atoms with Gasteiger partial charge in [-0.05, 0) is 51.2 Å². The number of carbonyl (C=O) groups is 1. The van der Waals surface area contributed by atoms with Crippen molar-refractivity contribution in [3.8, 4) is 5.75 Å². The van der Waals surface area contributed by atoms with E-state index in [9.17, 15) is 13.2 Å². The third-order valence-corrected chi connectivity index (χ3v) is 7.37. The van der Waals surface area contributed by atoms with E-state index in [2.05, 4.69) is 25.3 Å². The summed E-state index contributed by atoms with van der Waals surface area (Å²) in [5.41, 5.74) is 2.52. The lowest BCUT2D eigenvalue weighted by Crippen LogP contribution is -2.43. The minimum Gasteiger partial charge on any atom is -0.494 e. The maximum absolute atomic E-state index is 12.5. The van der Waals surface area contributed by atoms with Crippen molar-refractivity contribution in [1.82, 2.24) is 14.7 Å². The van der Waals surface area contributed by atoms with Gasteiger partial charge in [0.15, 0.2) is 5.82 Å². The third kappa shape index (κ3) is 5.79. The summed E-state index contributed by atoms with van der Waals surface area (Å²) < 4.78 is 31.9. The fourth-order valence-corrected chi connectivity index (χ4v) is 5.83. The van der Waals surface area contributed by atoms with Crippen LogP contribution >= 0.6 is 11.6 Å². The number of sulfonamides is 1. The molecule has 10 nitrogen and oxygen atoms in total. The number of anilines is 4. The van der Waals surface area contributed by atoms with Gasteiger partial charge in [-0.15, -0.1) is 0 Å². The van der Waals surface area contributed by atoms with Crippen molar-refractivity contribution >= 4 is 50.7 Å². The molecule has 0 saturated heterocycles. The number of carbonyl (C=O) groups excluding carboxylic acids is 1. The zero-order chi connectivity index (χ0) is 25.2. The van der Waals surface area contributed by atoms with Crippen LogP contribution in [0.5, 0.6) is 5.75 Å². The molecule has 2 aromatic rings. The maximum Gasteiger partial charge on any atom is 0.229 e. The first-order chi connectivity index (χ1) is 16.7. The van der Waals surface area contributed by atoms with Gasteiger partial charge in [-0.1, -0.05) is 11.6 Å². The number of nitrogens with one attached hydrogen (secondary N) is 3. The van der Waals surface area contributed by atoms with Crippen LogP contribution in [0.15, 0.2) is 18.3 Å². The van der Waals surface area contributed by atoms with Crippen molar-refractivity contribution in [2.45, 2.75) is 57.5 Å². The Balaban J connectivity index is 1.59. The van der Waals surface area contributed by atoms with Gasteiger partial charge in [0.25, 0.3) is 0 Å². The van der Waals surface area contributed by atoms with Crippen LogP contribution in [0.4, 0.5) is 23.1 Å². The van der Waals surface area contributed by atoms with Crippen molar-refractivity contribution in [1.29, 1.82) is 0 Å². The van der Waals surface area contributed by atoms with Gasteiger partial charge in [0.2, 0.25) is 21.9 Å². The number of amides is 1. The van der Waals surface area contributed by atoms with Gasteiger partial charge >= 0.3 is 0 Å². The van der Waals surface area contributed by atoms with Gasteiger partial charge in [-0.3, -0.25) is 4.79 Å². The molecule has 3 N–H and O–H groups in total. The van der Waals surface area contributed by atoms with E-state index in [1.807, 2.05) is 19.1 Å². The summed E-state index contributed by atoms with van der Waals surface area (Å²) in [6.45, 7) is 2.55. The molecule has 1 saturated carbocycles. The largest absolute Gasteiger partial charge is 0.494 e. The summed E-state index contributed by atoms with van der Waals surface area (Å²) in [5.74, 6) is 1.50. The number of halogens is 1. The summed E-state index contributed by atoms with van der Waals surface area (Å²) in [7, 11) is -1.72. The van der Waals surface area contributed by atoms with Crippen LogP contribution in [-0.2, 0) is 21.2 Å². The number of benzene rings is 1. The molecule has 4 rings (SSSR count). The van der Waals surface area contributed by atoms with E-state index in [1.165, 1.54) is 6.20 Å². The number of hydrogen-bond acceptors (Lipinski definition) is 8. The van der Waals surface area contributed by atoms with Crippen molar-refractivity contribution in [2.75, 3.05) is 35.4 Å². The molecular weight excluding hydrogens is 492 g/mol. The molecule has 0 radical (unpaired) electrons. The van der Waals surface area contributed by atoms with Gasteiger partial charge in [-0.25, -0.2) is 18.1 Å². The molecule has 1 aromatic heterocycles. The van der Waals surface area contributed by atoms with Crippen LogP contribution in [-0.4, -0.2) is 56.3 Å². The Morgan fingerprint density at radius 1 is 1.20 bits per heavy atom. The molecule has 1 aliphatic heterocycles. The average Bonchev–Trinajstić information content (AvgIpc) is 3.14. The number of ether oxygens (including phenoxy) is 1. The first-order valence-corrected chi connectivity index (χ1v) is 14.0. The Bertz CT molecular complexity index is 1210. The first-order valence-electron chi connectivity index (χ1n) is 11.7. The molecule has 1 amide bonds. The predicted molar refractivity (Wildman–Crippen MR) is 137 cm³/mol. The smallest absolute Gasteiger partial charge is 0.229 e. The molecule has 1 fully saturated rings. The fourth-order valence-electron chi connectivity index (χ4n) is 4.85. The van der Waals surface area contributed by atoms with Crippen LogP contribution in [0.3, 0.4) is 0 Å². The molecule has 2 atom stereocenters. The highest BCUT2D eigenvalue weighted by Crippen LogP contribution is 2.40. The van der Waals surface area contributed by atoms with Gasteiger partial charge in [0.05, 0.1) is 30.9 Å². The van der Waals surface area contributed by atoms with Crippen molar-refractivity contribution < 1.29 is 17.9 Å². The molecule has 0 unspecified atom stereocenters. The third-order valence-electron chi connectivity index (χ3n) is 6.36. The lowest BCUT2D eigenvalue weighted by atomic mass is 10.0. The molecule has 190 valence electrons. The Morgan fingerprint density at radius 2 is 1.97 bits per heavy atom. The summed E-state index contributed by atoms with van der Waals surface area (Å²) in [5, 5.41) is 6.85. The van der Waals surface area contributed by atoms with Gasteiger partial charge in [0.1, 0.15) is 10.8 Å². The number of nitrogens with zero attached hydrogens (tertiary/aromatic N) is 3. The van der Waals surface area contributed by atoms with E-state index < -0.39 is 10.0 Å². The molecular formula is C23H31ClN6O4S. The highest BCUT2D eigenvalue weighted by molar-refractivity contribution is 7.88. The van der Waals surface area contributed by atoms with Crippen molar-refractivity contribution in [3.05, 3.63) is 28.9 Å². The minimum absolute atomic E-state index is 0.112. The van der Waals surface area contributed by atoms with Crippen LogP contribution in [0.2, 0.25) is 5.02 Å². The second kappa shape index (κ2) is 10.5. The van der Waals surface area contributed by atoms with Crippen LogP contribution in [0, 0.1) is 0 Å². The number of hydrogen-bond donors (Lipinski definition) is 3. The van der Waals surface area contributed by atoms with Gasteiger partial charge < -0.3 is 20.3 Å². The van der Waals surface area contributed by atoms with Crippen molar-refractivity contribution in [2.24, 2.45) is 0 Å². The Hall–Kier alpha value is -2.63. The quantitative estimate of drug-likeness (QED) is 0.481. The van der Waals surface area contributed by atoms with Gasteiger partial charge in [-0.2, -0.15) is 4.98 Å². The molecule has 1 aromatic carbocycles. The zero-order valence-electron chi connectivity index (χ0n) is 20.1. The molecule has 0 spiro atoms. The maximum atomic E-state index is 12.5. The Labute approximate surface area is 210 Å². The molecule has 12 heteroatoms. The van der Waals surface area contributed by atoms with E-state index in [0.29, 0.717) is 41.2 Å². The molecule has 35 heavy (non-hydrogen) atoms. The number of fused-ring (bicyclic) bond motifs is 1. The predicted octanol–water partition coefficient (Wildman–Crippen LogP) is 3.45. The van der Waals surface area contributed by atoms with E-state index >= 15 is 0 Å². The van der Waals surface area contributed by atoms with E-state index in [-0.39, 0.29) is 18.0 Å². The average molecular weight is 523 g/mol. The van der Waals surface area contributed by atoms with Crippen molar-refractivity contribution in [3.63, 3.8) is 0 Å². The SMILES string of the molecule is CCN1C(=O)CCCc2c1ccc(Nc1ncc(Cl)c(N[C@H]3CCC[C@@H]3NS(C)(=O)=O)n1)c2OC. The monoisotopic (exact) mass is 522 g/mol. The summed E-state index contributed by atoms with van der Waals surface area (Å²) in [4.78, 5) is 23.1. The van der Waals surface area contributed by atoms with E-state index in [0.717, 1.165) is 49.6 Å². The lowest BCUT2D eigenvalue weighted by molar-refractivity contribution is -0.118. The summed E-state index contributed by atoms with van der Waals surface area (Å²) in [6, 6.07) is 3.40. The minimum atomic E-state index is -3.33. The number of aromatic nitrogens is 2. The molecule has 1 aliphatic carbocycles. The highest BCUT2D eigenvalue weighted by Gasteiger charge is 2.30. The topological polar surface area (TPSA) is 126 Å². The second-order valence-corrected chi connectivity index (χ2v) is 11.0. The van der Waals surface area contributed by atoms with E-state index in [4.69, 9.17) is 16.3 Å². The Kier molecular flexibility index (Phi) is 7.67. The molecule has 2 aliphatic rings. The zero-order valence-corrected chi connectivity index (χ0v) is 21.7. The number of rotatable bonds is 8. The lowest BCUT2D eigenvalue weighted by Gasteiger charge is -2.24. The molecule has 0 bridgehead atoms. The van der Waals surface area contributed by atoms with E-state index in [1.54, 1.807) is 12.0 Å². The normalized spacial score (nSPS) is 20.3. The van der Waals surface area contributed by atoms with Crippen LogP contribution < -0.4 is 25.0 Å². The standard InChI is InChI=1S/C23H31ClN6O4S/c1-4-30-19-12-11-18(21(34-2)14(19)7-5-10-20(30)31)27-23-25-13-15(24)22(28-23)26-16-8-6-9-17(16)29-35(3,32)33/h11-13,16-17,29H,4-10H2,1-3H3,(H2,25,26,27,28)/t16-,17-/m0/s1. The van der Waals surface area contributed by atoms with Crippen LogP contribution in [0.1, 0.15) is 44.6 Å². The molecule has 2 heterocycles. The first kappa shape index (κ1) is 25.5. The fraction of sp³-hybridized carbons (Fsp3) is 0.522. The number of methoxy groups -OCH3 is 1. The van der Waals surface area contributed by atoms with Gasteiger partial charge in [0, 0.05) is 30.6 Å².